The fraction of sp³-hybridized carbons (Fsp3) is 0.167. The van der Waals surface area contributed by atoms with Crippen LogP contribution in [0.3, 0.4) is 0 Å². The highest BCUT2D eigenvalue weighted by atomic mass is 35.5. The van der Waals surface area contributed by atoms with Crippen molar-refractivity contribution >= 4 is 23.2 Å². The van der Waals surface area contributed by atoms with Gasteiger partial charge in [-0.3, -0.25) is 9.69 Å². The summed E-state index contributed by atoms with van der Waals surface area (Å²) in [4.78, 5) is 14.8. The highest BCUT2D eigenvalue weighted by molar-refractivity contribution is 6.30. The molecule has 2 fully saturated rings. The monoisotopic (exact) mass is 295 g/mol. The van der Waals surface area contributed by atoms with E-state index in [0.717, 1.165) is 23.4 Å². The molecule has 2 aliphatic rings. The van der Waals surface area contributed by atoms with E-state index in [0.29, 0.717) is 5.02 Å². The van der Waals surface area contributed by atoms with Crippen LogP contribution in [0.2, 0.25) is 5.02 Å². The van der Waals surface area contributed by atoms with Gasteiger partial charge in [0, 0.05) is 22.3 Å². The molecule has 0 radical (unpaired) electrons. The van der Waals surface area contributed by atoms with E-state index in [1.807, 2.05) is 54.6 Å². The number of carbonyl (C=O) groups is 1. The minimum absolute atomic E-state index is 0.131. The Hall–Kier alpha value is -2.06. The van der Waals surface area contributed by atoms with Gasteiger partial charge >= 0.3 is 0 Å². The number of anilines is 1. The summed E-state index contributed by atoms with van der Waals surface area (Å²) in [7, 11) is 0. The number of nitrogens with zero attached hydrogens (tertiary/aromatic N) is 1. The topological polar surface area (TPSA) is 20.3 Å². The Morgan fingerprint density at radius 1 is 1.10 bits per heavy atom. The number of halogens is 1. The Morgan fingerprint density at radius 2 is 1.76 bits per heavy atom. The Morgan fingerprint density at radius 3 is 2.43 bits per heavy atom. The molecule has 2 atom stereocenters. The van der Waals surface area contributed by atoms with Crippen LogP contribution in [0.1, 0.15) is 12.0 Å². The largest absolute Gasteiger partial charge is 0.284 e. The first-order chi connectivity index (χ1) is 10.1. The van der Waals surface area contributed by atoms with E-state index in [9.17, 15) is 4.79 Å². The molecule has 2 nitrogen and oxygen atoms in total. The van der Waals surface area contributed by atoms with Crippen molar-refractivity contribution in [2.45, 2.75) is 11.8 Å². The van der Waals surface area contributed by atoms with Crippen molar-refractivity contribution in [1.82, 2.24) is 0 Å². The summed E-state index contributed by atoms with van der Waals surface area (Å²) in [6, 6.07) is 17.3. The van der Waals surface area contributed by atoms with Crippen molar-refractivity contribution < 1.29 is 4.79 Å². The van der Waals surface area contributed by atoms with E-state index in [1.165, 1.54) is 0 Å². The van der Waals surface area contributed by atoms with Crippen molar-refractivity contribution in [2.24, 2.45) is 5.92 Å². The van der Waals surface area contributed by atoms with Crippen molar-refractivity contribution in [3.8, 4) is 0 Å². The third-order valence-corrected chi connectivity index (χ3v) is 4.86. The minimum Gasteiger partial charge on any atom is -0.284 e. The van der Waals surface area contributed by atoms with Crippen molar-refractivity contribution in [3.63, 3.8) is 0 Å². The maximum atomic E-state index is 13.0. The first-order valence-electron chi connectivity index (χ1n) is 6.99. The van der Waals surface area contributed by atoms with Gasteiger partial charge in [-0.15, -0.1) is 0 Å². The third kappa shape index (κ3) is 1.63. The number of carbonyl (C=O) groups excluding carboxylic acids is 1. The van der Waals surface area contributed by atoms with E-state index in [1.54, 1.807) is 4.90 Å². The second-order valence-corrected chi connectivity index (χ2v) is 6.14. The molecule has 0 spiro atoms. The van der Waals surface area contributed by atoms with Crippen LogP contribution < -0.4 is 4.90 Å². The van der Waals surface area contributed by atoms with Crippen molar-refractivity contribution in [2.75, 3.05) is 4.90 Å². The van der Waals surface area contributed by atoms with E-state index in [-0.39, 0.29) is 11.8 Å². The fourth-order valence-corrected chi connectivity index (χ4v) is 3.56. The predicted molar refractivity (Wildman–Crippen MR) is 84.3 cm³/mol. The van der Waals surface area contributed by atoms with Gasteiger partial charge in [0.1, 0.15) is 0 Å². The second-order valence-electron chi connectivity index (χ2n) is 5.70. The minimum atomic E-state index is -0.419. The third-order valence-electron chi connectivity index (χ3n) is 4.61. The van der Waals surface area contributed by atoms with Crippen LogP contribution in [0, 0.1) is 5.92 Å². The molecule has 2 aromatic rings. The molecule has 2 aromatic carbocycles. The Labute approximate surface area is 128 Å². The molecular formula is C18H14ClNO. The summed E-state index contributed by atoms with van der Waals surface area (Å²) in [6.45, 7) is 4.15. The number of hydrogen-bond acceptors (Lipinski definition) is 1. The SMILES string of the molecule is C=C1C2CC2(c2ccc(Cl)cc2)C(=O)N1c1ccccc1. The Kier molecular flexibility index (Phi) is 2.54. The van der Waals surface area contributed by atoms with E-state index < -0.39 is 5.41 Å². The lowest BCUT2D eigenvalue weighted by Crippen LogP contribution is -2.32. The standard InChI is InChI=1S/C18H14ClNO/c1-12-16-11-18(16,13-7-9-14(19)10-8-13)17(21)20(12)15-5-3-2-4-6-15/h2-10,16H,1,11H2. The first kappa shape index (κ1) is 12.7. The van der Waals surface area contributed by atoms with Gasteiger partial charge in [0.25, 0.3) is 0 Å². The molecule has 0 bridgehead atoms. The predicted octanol–water partition coefficient (Wildman–Crippen LogP) is 4.16. The number of benzene rings is 2. The molecule has 4 rings (SSSR count). The molecule has 1 saturated heterocycles. The molecule has 1 aliphatic heterocycles. The quantitative estimate of drug-likeness (QED) is 0.815. The zero-order valence-electron chi connectivity index (χ0n) is 11.4. The van der Waals surface area contributed by atoms with E-state index in [2.05, 4.69) is 6.58 Å². The molecule has 2 unspecified atom stereocenters. The summed E-state index contributed by atoms with van der Waals surface area (Å²) in [5, 5.41) is 0.691. The fourth-order valence-electron chi connectivity index (χ4n) is 3.44. The summed E-state index contributed by atoms with van der Waals surface area (Å²) in [5.41, 5.74) is 2.42. The van der Waals surface area contributed by atoms with Crippen molar-refractivity contribution in [1.29, 1.82) is 0 Å². The van der Waals surface area contributed by atoms with Gasteiger partial charge < -0.3 is 0 Å². The van der Waals surface area contributed by atoms with E-state index in [4.69, 9.17) is 11.6 Å². The zero-order chi connectivity index (χ0) is 14.6. The Balaban J connectivity index is 1.77. The number of piperidine rings is 1. The molecule has 1 amide bonds. The van der Waals surface area contributed by atoms with Gasteiger partial charge in [-0.1, -0.05) is 48.5 Å². The lowest BCUT2D eigenvalue weighted by Gasteiger charge is -2.22. The Bertz CT molecular complexity index is 738. The van der Waals surface area contributed by atoms with Crippen LogP contribution in [0.5, 0.6) is 0 Å². The molecule has 0 aromatic heterocycles. The highest BCUT2D eigenvalue weighted by Gasteiger charge is 2.69. The van der Waals surface area contributed by atoms with Crippen LogP contribution in [-0.4, -0.2) is 5.91 Å². The van der Waals surface area contributed by atoms with Crippen LogP contribution in [-0.2, 0) is 10.2 Å². The van der Waals surface area contributed by atoms with Crippen molar-refractivity contribution in [3.05, 3.63) is 77.5 Å². The molecule has 104 valence electrons. The number of rotatable bonds is 2. The smallest absolute Gasteiger partial charge is 0.242 e. The highest BCUT2D eigenvalue weighted by Crippen LogP contribution is 2.64. The van der Waals surface area contributed by atoms with Crippen LogP contribution >= 0.6 is 11.6 Å². The number of para-hydroxylation sites is 1. The average Bonchev–Trinajstić information content (AvgIpc) is 3.21. The molecule has 1 aliphatic carbocycles. The van der Waals surface area contributed by atoms with Crippen LogP contribution in [0.4, 0.5) is 5.69 Å². The van der Waals surface area contributed by atoms with Crippen LogP contribution in [0.25, 0.3) is 0 Å². The number of allylic oxidation sites excluding steroid dienone is 1. The maximum Gasteiger partial charge on any atom is 0.242 e. The maximum absolute atomic E-state index is 13.0. The average molecular weight is 296 g/mol. The molecular weight excluding hydrogens is 282 g/mol. The normalized spacial score (nSPS) is 26.9. The van der Waals surface area contributed by atoms with E-state index >= 15 is 0 Å². The van der Waals surface area contributed by atoms with Gasteiger partial charge in [-0.2, -0.15) is 0 Å². The summed E-state index contributed by atoms with van der Waals surface area (Å²) < 4.78 is 0. The van der Waals surface area contributed by atoms with Gasteiger partial charge in [0.2, 0.25) is 5.91 Å². The summed E-state index contributed by atoms with van der Waals surface area (Å²) in [5.74, 6) is 0.345. The molecule has 1 saturated carbocycles. The number of fused-ring (bicyclic) bond motifs is 1. The zero-order valence-corrected chi connectivity index (χ0v) is 12.2. The summed E-state index contributed by atoms with van der Waals surface area (Å²) >= 11 is 5.95. The number of amides is 1. The summed E-state index contributed by atoms with van der Waals surface area (Å²) in [6.07, 6.45) is 0.857. The molecule has 1 heterocycles. The van der Waals surface area contributed by atoms with Gasteiger partial charge in [-0.25, -0.2) is 0 Å². The first-order valence-corrected chi connectivity index (χ1v) is 7.37. The number of hydrogen-bond donors (Lipinski definition) is 0. The van der Waals surface area contributed by atoms with Gasteiger partial charge in [0.15, 0.2) is 0 Å². The lowest BCUT2D eigenvalue weighted by molar-refractivity contribution is -0.119. The molecule has 0 N–H and O–H groups in total. The molecule has 3 heteroatoms. The van der Waals surface area contributed by atoms with Gasteiger partial charge in [0.05, 0.1) is 5.41 Å². The lowest BCUT2D eigenvalue weighted by atomic mass is 9.94. The molecule has 21 heavy (non-hydrogen) atoms. The van der Waals surface area contributed by atoms with Crippen LogP contribution in [0.15, 0.2) is 66.9 Å². The van der Waals surface area contributed by atoms with Gasteiger partial charge in [-0.05, 0) is 36.2 Å². The second kappa shape index (κ2) is 4.22.